The molecular weight excluding hydrogens is 432 g/mol. The molecule has 2 aromatic carbocycles. The molecule has 0 aliphatic carbocycles. The summed E-state index contributed by atoms with van der Waals surface area (Å²) in [6.07, 6.45) is 0.832. The molecule has 184 valence electrons. The zero-order valence-electron chi connectivity index (χ0n) is 20.9. The summed E-state index contributed by atoms with van der Waals surface area (Å²) in [5.41, 5.74) is 0. The van der Waals surface area contributed by atoms with Gasteiger partial charge < -0.3 is 24.1 Å². The zero-order chi connectivity index (χ0) is 24.3. The van der Waals surface area contributed by atoms with Gasteiger partial charge in [0.25, 0.3) is 8.32 Å². The number of hydrogen-bond acceptors (Lipinski definition) is 5. The third-order valence-electron chi connectivity index (χ3n) is 6.31. The van der Waals surface area contributed by atoms with Crippen molar-refractivity contribution in [2.24, 2.45) is 5.92 Å². The summed E-state index contributed by atoms with van der Waals surface area (Å²) in [4.78, 5) is 0. The average Bonchev–Trinajstić information content (AvgIpc) is 2.80. The number of benzene rings is 2. The van der Waals surface area contributed by atoms with E-state index < -0.39 is 14.4 Å². The van der Waals surface area contributed by atoms with E-state index in [1.54, 1.807) is 7.11 Å². The van der Waals surface area contributed by atoms with E-state index in [1.807, 2.05) is 12.1 Å². The summed E-state index contributed by atoms with van der Waals surface area (Å²) >= 11 is 0. The highest BCUT2D eigenvalue weighted by Crippen LogP contribution is 2.37. The van der Waals surface area contributed by atoms with Crippen molar-refractivity contribution in [2.45, 2.75) is 64.2 Å². The zero-order valence-corrected chi connectivity index (χ0v) is 21.9. The number of rotatable bonds is 14. The van der Waals surface area contributed by atoms with Gasteiger partial charge in [-0.15, -0.1) is 0 Å². The van der Waals surface area contributed by atoms with E-state index in [-0.39, 0.29) is 30.5 Å². The molecule has 0 aliphatic heterocycles. The van der Waals surface area contributed by atoms with Crippen LogP contribution in [0.3, 0.4) is 0 Å². The standard InChI is InChI=1S/C27H42O5Si/c1-22(26(31-21-30-5)20-23(29)16-18-28)17-19-32-33(27(2,3)4,24-12-8-6-9-13-24)25-14-10-7-11-15-25/h6-15,22-23,26,28-29H,16-21H2,1-5H3/t22-,23+,26+/m0/s1. The first-order chi connectivity index (χ1) is 15.8. The summed E-state index contributed by atoms with van der Waals surface area (Å²) in [6.45, 7) is 9.69. The van der Waals surface area contributed by atoms with Gasteiger partial charge >= 0.3 is 0 Å². The molecule has 3 atom stereocenters. The third kappa shape index (κ3) is 7.47. The molecule has 6 heteroatoms. The Balaban J connectivity index is 2.25. The van der Waals surface area contributed by atoms with Crippen molar-refractivity contribution < 1.29 is 24.1 Å². The van der Waals surface area contributed by atoms with Gasteiger partial charge in [-0.1, -0.05) is 88.4 Å². The number of aliphatic hydroxyl groups is 2. The molecule has 0 bridgehead atoms. The molecule has 2 N–H and O–H groups in total. The Hall–Kier alpha value is -1.54. The molecule has 0 unspecified atom stereocenters. The van der Waals surface area contributed by atoms with Gasteiger partial charge in [0.05, 0.1) is 12.2 Å². The molecular formula is C27H42O5Si. The number of aliphatic hydroxyl groups excluding tert-OH is 2. The van der Waals surface area contributed by atoms with Gasteiger partial charge in [0.1, 0.15) is 6.79 Å². The van der Waals surface area contributed by atoms with E-state index in [0.717, 1.165) is 6.42 Å². The van der Waals surface area contributed by atoms with Crippen molar-refractivity contribution in [3.8, 4) is 0 Å². The smallest absolute Gasteiger partial charge is 0.261 e. The maximum atomic E-state index is 10.2. The lowest BCUT2D eigenvalue weighted by Gasteiger charge is -2.43. The van der Waals surface area contributed by atoms with Crippen molar-refractivity contribution >= 4 is 18.7 Å². The number of methoxy groups -OCH3 is 1. The predicted molar refractivity (Wildman–Crippen MR) is 136 cm³/mol. The maximum Gasteiger partial charge on any atom is 0.261 e. The fraction of sp³-hybridized carbons (Fsp3) is 0.556. The van der Waals surface area contributed by atoms with Crippen molar-refractivity contribution in [3.05, 3.63) is 60.7 Å². The Morgan fingerprint density at radius 2 is 1.45 bits per heavy atom. The topological polar surface area (TPSA) is 68.2 Å². The summed E-state index contributed by atoms with van der Waals surface area (Å²) in [7, 11) is -0.974. The Labute approximate surface area is 200 Å². The fourth-order valence-corrected chi connectivity index (χ4v) is 9.08. The van der Waals surface area contributed by atoms with Crippen LogP contribution in [-0.2, 0) is 13.9 Å². The molecule has 0 spiro atoms. The van der Waals surface area contributed by atoms with Crippen molar-refractivity contribution in [1.82, 2.24) is 0 Å². The van der Waals surface area contributed by atoms with E-state index in [1.165, 1.54) is 10.4 Å². The Morgan fingerprint density at radius 3 is 1.91 bits per heavy atom. The highest BCUT2D eigenvalue weighted by molar-refractivity contribution is 6.99. The summed E-state index contributed by atoms with van der Waals surface area (Å²) in [5, 5.41) is 21.8. The van der Waals surface area contributed by atoms with Crippen LogP contribution < -0.4 is 10.4 Å². The van der Waals surface area contributed by atoms with Crippen LogP contribution in [0.5, 0.6) is 0 Å². The lowest BCUT2D eigenvalue weighted by atomic mass is 9.95. The van der Waals surface area contributed by atoms with Crippen LogP contribution in [0.1, 0.15) is 47.0 Å². The van der Waals surface area contributed by atoms with E-state index in [9.17, 15) is 5.11 Å². The van der Waals surface area contributed by atoms with Gasteiger partial charge in [-0.25, -0.2) is 0 Å². The molecule has 0 aromatic heterocycles. The summed E-state index contributed by atoms with van der Waals surface area (Å²) in [6, 6.07) is 21.3. The third-order valence-corrected chi connectivity index (χ3v) is 11.4. The average molecular weight is 475 g/mol. The van der Waals surface area contributed by atoms with Crippen LogP contribution in [0, 0.1) is 5.92 Å². The SMILES string of the molecule is COCO[C@H](C[C@H](O)CCO)[C@@H](C)CCO[Si](c1ccccc1)(c1ccccc1)C(C)(C)C. The Morgan fingerprint density at radius 1 is 0.909 bits per heavy atom. The van der Waals surface area contributed by atoms with Gasteiger partial charge in [0.2, 0.25) is 0 Å². The van der Waals surface area contributed by atoms with E-state index in [0.29, 0.717) is 19.4 Å². The quantitative estimate of drug-likeness (QED) is 0.323. The van der Waals surface area contributed by atoms with Gasteiger partial charge in [-0.2, -0.15) is 0 Å². The first kappa shape index (κ1) is 27.7. The second-order valence-electron chi connectivity index (χ2n) is 9.79. The molecule has 0 saturated carbocycles. The van der Waals surface area contributed by atoms with Crippen molar-refractivity contribution in [3.63, 3.8) is 0 Å². The lowest BCUT2D eigenvalue weighted by molar-refractivity contribution is -0.105. The number of hydrogen-bond donors (Lipinski definition) is 2. The first-order valence-corrected chi connectivity index (χ1v) is 13.8. The van der Waals surface area contributed by atoms with Crippen LogP contribution in [0.25, 0.3) is 0 Å². The second-order valence-corrected chi connectivity index (χ2v) is 14.1. The predicted octanol–water partition coefficient (Wildman–Crippen LogP) is 3.71. The van der Waals surface area contributed by atoms with Gasteiger partial charge in [-0.3, -0.25) is 0 Å². The molecule has 0 radical (unpaired) electrons. The molecule has 2 rings (SSSR count). The van der Waals surface area contributed by atoms with E-state index in [4.69, 9.17) is 19.0 Å². The van der Waals surface area contributed by atoms with Crippen LogP contribution in [-0.4, -0.2) is 57.9 Å². The molecule has 0 saturated heterocycles. The van der Waals surface area contributed by atoms with Crippen molar-refractivity contribution in [2.75, 3.05) is 27.1 Å². The molecule has 0 aliphatic rings. The molecule has 0 fully saturated rings. The highest BCUT2D eigenvalue weighted by Gasteiger charge is 2.50. The summed E-state index contributed by atoms with van der Waals surface area (Å²) < 4.78 is 18.0. The van der Waals surface area contributed by atoms with Gasteiger partial charge in [0.15, 0.2) is 0 Å². The normalized spacial score (nSPS) is 15.2. The maximum absolute atomic E-state index is 10.2. The minimum absolute atomic E-state index is 0.0382. The Bertz CT molecular complexity index is 739. The van der Waals surface area contributed by atoms with Crippen LogP contribution >= 0.6 is 0 Å². The van der Waals surface area contributed by atoms with Gasteiger partial charge in [-0.05, 0) is 40.6 Å². The first-order valence-electron chi connectivity index (χ1n) is 11.9. The Kier molecular flexibility index (Phi) is 11.2. The van der Waals surface area contributed by atoms with Crippen molar-refractivity contribution in [1.29, 1.82) is 0 Å². The van der Waals surface area contributed by atoms with Crippen LogP contribution in [0.2, 0.25) is 5.04 Å². The molecule has 2 aromatic rings. The molecule has 5 nitrogen and oxygen atoms in total. The molecule has 33 heavy (non-hydrogen) atoms. The minimum Gasteiger partial charge on any atom is -0.407 e. The molecule has 0 heterocycles. The van der Waals surface area contributed by atoms with Gasteiger partial charge in [0, 0.05) is 20.3 Å². The monoisotopic (exact) mass is 474 g/mol. The second kappa shape index (κ2) is 13.4. The lowest BCUT2D eigenvalue weighted by Crippen LogP contribution is -2.66. The highest BCUT2D eigenvalue weighted by atomic mass is 28.4. The minimum atomic E-state index is -2.57. The van der Waals surface area contributed by atoms with E-state index >= 15 is 0 Å². The largest absolute Gasteiger partial charge is 0.407 e. The van der Waals surface area contributed by atoms with Crippen LogP contribution in [0.4, 0.5) is 0 Å². The van der Waals surface area contributed by atoms with E-state index in [2.05, 4.69) is 76.2 Å². The molecule has 0 amide bonds. The fourth-order valence-electron chi connectivity index (χ4n) is 4.50. The number of ether oxygens (including phenoxy) is 2. The van der Waals surface area contributed by atoms with Crippen LogP contribution in [0.15, 0.2) is 60.7 Å². The summed E-state index contributed by atoms with van der Waals surface area (Å²) in [5.74, 6) is 0.159.